The van der Waals surface area contributed by atoms with Gasteiger partial charge in [-0.2, -0.15) is 4.31 Å². The van der Waals surface area contributed by atoms with Crippen molar-refractivity contribution in [2.24, 2.45) is 5.92 Å². The molecule has 178 valence electrons. The molecule has 0 radical (unpaired) electrons. The molecule has 2 heterocycles. The molecule has 2 saturated heterocycles. The van der Waals surface area contributed by atoms with E-state index >= 15 is 0 Å². The number of aryl methyl sites for hydroxylation is 1. The lowest BCUT2D eigenvalue weighted by Gasteiger charge is -2.29. The molecule has 0 saturated carbocycles. The monoisotopic (exact) mass is 469 g/mol. The zero-order valence-corrected chi connectivity index (χ0v) is 20.5. The highest BCUT2D eigenvalue weighted by Gasteiger charge is 2.29. The lowest BCUT2D eigenvalue weighted by molar-refractivity contribution is 0.0950. The first-order chi connectivity index (χ1) is 15.8. The van der Waals surface area contributed by atoms with E-state index in [0.717, 1.165) is 30.5 Å². The predicted molar refractivity (Wildman–Crippen MR) is 130 cm³/mol. The van der Waals surface area contributed by atoms with Gasteiger partial charge in [-0.15, -0.1) is 0 Å². The third kappa shape index (κ3) is 5.83. The predicted octanol–water partition coefficient (Wildman–Crippen LogP) is 3.94. The lowest BCUT2D eigenvalue weighted by atomic mass is 10.0. The fraction of sp³-hybridized carbons (Fsp3) is 0.500. The molecule has 2 fully saturated rings. The largest absolute Gasteiger partial charge is 0.348 e. The van der Waals surface area contributed by atoms with Crippen LogP contribution in [0, 0.1) is 12.8 Å². The van der Waals surface area contributed by atoms with Crippen LogP contribution < -0.4 is 5.32 Å². The second kappa shape index (κ2) is 10.4. The maximum absolute atomic E-state index is 13.1. The van der Waals surface area contributed by atoms with Crippen molar-refractivity contribution in [3.63, 3.8) is 0 Å². The van der Waals surface area contributed by atoms with Crippen molar-refractivity contribution < 1.29 is 13.2 Å². The van der Waals surface area contributed by atoms with Crippen LogP contribution in [0.2, 0.25) is 0 Å². The Balaban J connectivity index is 1.39. The van der Waals surface area contributed by atoms with Crippen molar-refractivity contribution in [2.45, 2.75) is 57.5 Å². The van der Waals surface area contributed by atoms with E-state index in [9.17, 15) is 13.2 Å². The first-order valence-electron chi connectivity index (χ1n) is 12.0. The Bertz CT molecular complexity index is 1070. The number of hydrogen-bond acceptors (Lipinski definition) is 4. The topological polar surface area (TPSA) is 69.7 Å². The van der Waals surface area contributed by atoms with Gasteiger partial charge in [0.1, 0.15) is 0 Å². The zero-order chi connectivity index (χ0) is 23.4. The number of carbonyl (C=O) groups excluding carboxylic acids is 1. The Kier molecular flexibility index (Phi) is 7.51. The van der Waals surface area contributed by atoms with Gasteiger partial charge in [-0.05, 0) is 80.4 Å². The van der Waals surface area contributed by atoms with E-state index in [1.165, 1.54) is 37.6 Å². The molecule has 7 heteroatoms. The number of hydrogen-bond donors (Lipinski definition) is 1. The smallest absolute Gasteiger partial charge is 0.251 e. The highest BCUT2D eigenvalue weighted by atomic mass is 32.2. The van der Waals surface area contributed by atoms with Crippen LogP contribution in [0.5, 0.6) is 0 Å². The van der Waals surface area contributed by atoms with Crippen LogP contribution in [-0.4, -0.2) is 49.7 Å². The molecule has 6 nitrogen and oxygen atoms in total. The maximum atomic E-state index is 13.1. The van der Waals surface area contributed by atoms with E-state index in [1.807, 2.05) is 6.92 Å². The van der Waals surface area contributed by atoms with Gasteiger partial charge in [-0.25, -0.2) is 8.42 Å². The number of benzene rings is 2. The molecule has 1 N–H and O–H groups in total. The molecular formula is C26H35N3O3S. The van der Waals surface area contributed by atoms with Crippen molar-refractivity contribution >= 4 is 15.9 Å². The highest BCUT2D eigenvalue weighted by Crippen LogP contribution is 2.25. The number of piperidine rings is 1. The Labute approximate surface area is 198 Å². The summed E-state index contributed by atoms with van der Waals surface area (Å²) in [6, 6.07) is 13.2. The van der Waals surface area contributed by atoms with Gasteiger partial charge in [0.15, 0.2) is 0 Å². The standard InChI is InChI=1S/C26H35N3O3S/c1-20-11-15-29(16-12-20)33(31,32)24-10-5-21(2)25(17-24)26(30)27-18-22-6-8-23(9-7-22)19-28-13-3-4-14-28/h5-10,17,20H,3-4,11-16,18-19H2,1-2H3,(H,27,30). The third-order valence-corrected chi connectivity index (χ3v) is 8.81. The second-order valence-corrected chi connectivity index (χ2v) is 11.5. The summed E-state index contributed by atoms with van der Waals surface area (Å²) in [6.45, 7) is 8.78. The van der Waals surface area contributed by atoms with Gasteiger partial charge < -0.3 is 5.32 Å². The molecule has 0 unspecified atom stereocenters. The third-order valence-electron chi connectivity index (χ3n) is 6.91. The summed E-state index contributed by atoms with van der Waals surface area (Å²) in [4.78, 5) is 15.6. The van der Waals surface area contributed by atoms with Gasteiger partial charge in [-0.3, -0.25) is 9.69 Å². The molecule has 0 aromatic heterocycles. The van der Waals surface area contributed by atoms with E-state index in [2.05, 4.69) is 41.4 Å². The Morgan fingerprint density at radius 1 is 0.970 bits per heavy atom. The summed E-state index contributed by atoms with van der Waals surface area (Å²) in [5, 5.41) is 2.95. The summed E-state index contributed by atoms with van der Waals surface area (Å²) in [6.07, 6.45) is 4.30. The van der Waals surface area contributed by atoms with E-state index in [-0.39, 0.29) is 10.8 Å². The molecule has 4 rings (SSSR count). The molecular weight excluding hydrogens is 434 g/mol. The van der Waals surface area contributed by atoms with Gasteiger partial charge in [0, 0.05) is 31.7 Å². The van der Waals surface area contributed by atoms with Crippen molar-refractivity contribution in [1.29, 1.82) is 0 Å². The fourth-order valence-corrected chi connectivity index (χ4v) is 6.12. The van der Waals surface area contributed by atoms with Crippen LogP contribution in [0.3, 0.4) is 0 Å². The number of carbonyl (C=O) groups is 1. The molecule has 0 spiro atoms. The number of nitrogens with zero attached hydrogens (tertiary/aromatic N) is 2. The Morgan fingerprint density at radius 2 is 1.61 bits per heavy atom. The summed E-state index contributed by atoms with van der Waals surface area (Å²) in [5.74, 6) is 0.294. The first-order valence-corrected chi connectivity index (χ1v) is 13.5. The van der Waals surface area contributed by atoms with Crippen LogP contribution >= 0.6 is 0 Å². The van der Waals surface area contributed by atoms with E-state index in [0.29, 0.717) is 31.1 Å². The number of sulfonamides is 1. The molecule has 2 aromatic carbocycles. The van der Waals surface area contributed by atoms with Gasteiger partial charge in [0.25, 0.3) is 5.91 Å². The van der Waals surface area contributed by atoms with Gasteiger partial charge in [0.2, 0.25) is 10.0 Å². The van der Waals surface area contributed by atoms with Crippen LogP contribution in [0.15, 0.2) is 47.4 Å². The van der Waals surface area contributed by atoms with Crippen molar-refractivity contribution in [3.8, 4) is 0 Å². The van der Waals surface area contributed by atoms with Crippen molar-refractivity contribution in [3.05, 3.63) is 64.7 Å². The summed E-state index contributed by atoms with van der Waals surface area (Å²) in [5.41, 5.74) is 3.48. The summed E-state index contributed by atoms with van der Waals surface area (Å²) < 4.78 is 27.8. The molecule has 0 atom stereocenters. The average molecular weight is 470 g/mol. The minimum atomic E-state index is -3.59. The van der Waals surface area contributed by atoms with E-state index in [4.69, 9.17) is 0 Å². The minimum Gasteiger partial charge on any atom is -0.348 e. The minimum absolute atomic E-state index is 0.194. The molecule has 33 heavy (non-hydrogen) atoms. The quantitative estimate of drug-likeness (QED) is 0.667. The number of nitrogens with one attached hydrogen (secondary N) is 1. The molecule has 2 aromatic rings. The van der Waals surface area contributed by atoms with Gasteiger partial charge >= 0.3 is 0 Å². The highest BCUT2D eigenvalue weighted by molar-refractivity contribution is 7.89. The van der Waals surface area contributed by atoms with E-state index in [1.54, 1.807) is 16.4 Å². The first kappa shape index (κ1) is 23.9. The second-order valence-electron chi connectivity index (χ2n) is 9.55. The Morgan fingerprint density at radius 3 is 2.27 bits per heavy atom. The maximum Gasteiger partial charge on any atom is 0.251 e. The van der Waals surface area contributed by atoms with Gasteiger partial charge in [0.05, 0.1) is 4.90 Å². The SMILES string of the molecule is Cc1ccc(S(=O)(=O)N2CCC(C)CC2)cc1C(=O)NCc1ccc(CN2CCCC2)cc1. The lowest BCUT2D eigenvalue weighted by Crippen LogP contribution is -2.38. The Hall–Kier alpha value is -2.22. The zero-order valence-electron chi connectivity index (χ0n) is 19.7. The molecule has 2 aliphatic heterocycles. The van der Waals surface area contributed by atoms with Crippen molar-refractivity contribution in [2.75, 3.05) is 26.2 Å². The summed E-state index contributed by atoms with van der Waals surface area (Å²) in [7, 11) is -3.59. The molecule has 1 amide bonds. The number of likely N-dealkylation sites (tertiary alicyclic amines) is 1. The average Bonchev–Trinajstić information content (AvgIpc) is 3.32. The molecule has 0 bridgehead atoms. The van der Waals surface area contributed by atoms with Crippen molar-refractivity contribution in [1.82, 2.24) is 14.5 Å². The van der Waals surface area contributed by atoms with Gasteiger partial charge in [-0.1, -0.05) is 37.3 Å². The fourth-order valence-electron chi connectivity index (χ4n) is 4.62. The normalized spacial score (nSPS) is 18.5. The van der Waals surface area contributed by atoms with Crippen LogP contribution in [0.1, 0.15) is 59.7 Å². The van der Waals surface area contributed by atoms with Crippen LogP contribution in [0.4, 0.5) is 0 Å². The summed E-state index contributed by atoms with van der Waals surface area (Å²) >= 11 is 0. The number of amides is 1. The number of rotatable bonds is 7. The van der Waals surface area contributed by atoms with Crippen LogP contribution in [-0.2, 0) is 23.1 Å². The molecule has 0 aliphatic carbocycles. The molecule has 2 aliphatic rings. The van der Waals surface area contributed by atoms with E-state index < -0.39 is 10.0 Å². The van der Waals surface area contributed by atoms with Crippen LogP contribution in [0.25, 0.3) is 0 Å².